The molecule has 0 aromatic heterocycles. The highest BCUT2D eigenvalue weighted by Gasteiger charge is 2.25. The highest BCUT2D eigenvalue weighted by molar-refractivity contribution is 4.81. The van der Waals surface area contributed by atoms with E-state index < -0.39 is 0 Å². The SMILES string of the molecule is NCCN(CCC1CCCO1)C1CCC1. The maximum atomic E-state index is 5.66. The lowest BCUT2D eigenvalue weighted by molar-refractivity contribution is 0.0714. The van der Waals surface area contributed by atoms with Gasteiger partial charge in [0.25, 0.3) is 0 Å². The average Bonchev–Trinajstić information content (AvgIpc) is 2.64. The number of nitrogens with zero attached hydrogens (tertiary/aromatic N) is 1. The predicted octanol–water partition coefficient (Wildman–Crippen LogP) is 1.37. The lowest BCUT2D eigenvalue weighted by Crippen LogP contribution is -2.44. The van der Waals surface area contributed by atoms with Gasteiger partial charge in [0, 0.05) is 32.3 Å². The molecular weight excluding hydrogens is 188 g/mol. The van der Waals surface area contributed by atoms with E-state index in [1.165, 1.54) is 45.1 Å². The fourth-order valence-electron chi connectivity index (χ4n) is 2.58. The first-order chi connectivity index (χ1) is 7.40. The summed E-state index contributed by atoms with van der Waals surface area (Å²) in [4.78, 5) is 2.57. The third-order valence-corrected chi connectivity index (χ3v) is 3.77. The fraction of sp³-hybridized carbons (Fsp3) is 1.00. The molecule has 0 bridgehead atoms. The van der Waals surface area contributed by atoms with E-state index in [1.807, 2.05) is 0 Å². The van der Waals surface area contributed by atoms with Crippen molar-refractivity contribution < 1.29 is 4.74 Å². The molecule has 1 aliphatic carbocycles. The average molecular weight is 212 g/mol. The Morgan fingerprint density at radius 1 is 1.13 bits per heavy atom. The summed E-state index contributed by atoms with van der Waals surface area (Å²) >= 11 is 0. The third-order valence-electron chi connectivity index (χ3n) is 3.77. The largest absolute Gasteiger partial charge is 0.378 e. The molecule has 3 heteroatoms. The molecule has 0 radical (unpaired) electrons. The van der Waals surface area contributed by atoms with E-state index in [4.69, 9.17) is 10.5 Å². The summed E-state index contributed by atoms with van der Waals surface area (Å²) in [5.74, 6) is 0. The second-order valence-electron chi connectivity index (χ2n) is 4.83. The van der Waals surface area contributed by atoms with Crippen LogP contribution in [0.25, 0.3) is 0 Å². The maximum Gasteiger partial charge on any atom is 0.0588 e. The van der Waals surface area contributed by atoms with Crippen molar-refractivity contribution in [3.05, 3.63) is 0 Å². The van der Waals surface area contributed by atoms with E-state index in [0.29, 0.717) is 6.10 Å². The van der Waals surface area contributed by atoms with Crippen LogP contribution in [0.3, 0.4) is 0 Å². The molecule has 15 heavy (non-hydrogen) atoms. The van der Waals surface area contributed by atoms with Crippen LogP contribution < -0.4 is 5.73 Å². The first-order valence-electron chi connectivity index (χ1n) is 6.46. The number of nitrogens with two attached hydrogens (primary N) is 1. The summed E-state index contributed by atoms with van der Waals surface area (Å²) < 4.78 is 5.65. The predicted molar refractivity (Wildman–Crippen MR) is 61.9 cm³/mol. The van der Waals surface area contributed by atoms with Crippen molar-refractivity contribution in [2.45, 2.75) is 50.7 Å². The summed E-state index contributed by atoms with van der Waals surface area (Å²) in [6.07, 6.45) is 8.43. The third kappa shape index (κ3) is 3.16. The molecule has 2 rings (SSSR count). The molecule has 1 unspecified atom stereocenters. The fourth-order valence-corrected chi connectivity index (χ4v) is 2.58. The quantitative estimate of drug-likeness (QED) is 0.722. The smallest absolute Gasteiger partial charge is 0.0588 e. The molecule has 2 N–H and O–H groups in total. The molecule has 0 spiro atoms. The molecule has 1 saturated carbocycles. The zero-order valence-corrected chi connectivity index (χ0v) is 9.66. The lowest BCUT2D eigenvalue weighted by Gasteiger charge is -2.37. The monoisotopic (exact) mass is 212 g/mol. The number of hydrogen-bond donors (Lipinski definition) is 1. The van der Waals surface area contributed by atoms with Crippen molar-refractivity contribution in [2.24, 2.45) is 5.73 Å². The van der Waals surface area contributed by atoms with Crippen LogP contribution in [-0.2, 0) is 4.74 Å². The summed E-state index contributed by atoms with van der Waals surface area (Å²) in [7, 11) is 0. The van der Waals surface area contributed by atoms with Crippen LogP contribution in [0, 0.1) is 0 Å². The van der Waals surface area contributed by atoms with Gasteiger partial charge in [-0.15, -0.1) is 0 Å². The highest BCUT2D eigenvalue weighted by Crippen LogP contribution is 2.25. The second-order valence-corrected chi connectivity index (χ2v) is 4.83. The van der Waals surface area contributed by atoms with Gasteiger partial charge in [-0.1, -0.05) is 6.42 Å². The normalized spacial score (nSPS) is 27.2. The molecule has 3 nitrogen and oxygen atoms in total. The maximum absolute atomic E-state index is 5.66. The Hall–Kier alpha value is -0.120. The molecule has 1 heterocycles. The second kappa shape index (κ2) is 5.83. The van der Waals surface area contributed by atoms with Crippen LogP contribution in [0.5, 0.6) is 0 Å². The lowest BCUT2D eigenvalue weighted by atomic mass is 9.91. The molecule has 0 amide bonds. The van der Waals surface area contributed by atoms with E-state index in [9.17, 15) is 0 Å². The summed E-state index contributed by atoms with van der Waals surface area (Å²) in [6.45, 7) is 4.02. The standard InChI is InChI=1S/C12H24N2O/c13-7-9-14(11-3-1-4-11)8-6-12-5-2-10-15-12/h11-12H,1-10,13H2. The van der Waals surface area contributed by atoms with Crippen molar-refractivity contribution in [3.8, 4) is 0 Å². The first-order valence-corrected chi connectivity index (χ1v) is 6.46. The Kier molecular flexibility index (Phi) is 4.42. The molecule has 88 valence electrons. The van der Waals surface area contributed by atoms with Gasteiger partial charge in [0.05, 0.1) is 6.10 Å². The van der Waals surface area contributed by atoms with Gasteiger partial charge in [-0.3, -0.25) is 4.90 Å². The van der Waals surface area contributed by atoms with E-state index in [1.54, 1.807) is 0 Å². The van der Waals surface area contributed by atoms with Crippen molar-refractivity contribution >= 4 is 0 Å². The summed E-state index contributed by atoms with van der Waals surface area (Å²) in [5.41, 5.74) is 5.66. The Balaban J connectivity index is 1.68. The number of ether oxygens (including phenoxy) is 1. The van der Waals surface area contributed by atoms with Gasteiger partial charge in [-0.05, 0) is 32.1 Å². The highest BCUT2D eigenvalue weighted by atomic mass is 16.5. The van der Waals surface area contributed by atoms with Crippen LogP contribution in [0.1, 0.15) is 38.5 Å². The van der Waals surface area contributed by atoms with E-state index in [2.05, 4.69) is 4.90 Å². The molecule has 0 aromatic carbocycles. The Bertz CT molecular complexity index is 176. The molecule has 1 atom stereocenters. The molecular formula is C12H24N2O. The Morgan fingerprint density at radius 3 is 2.53 bits per heavy atom. The van der Waals surface area contributed by atoms with E-state index in [0.717, 1.165) is 25.7 Å². The number of hydrogen-bond acceptors (Lipinski definition) is 3. The van der Waals surface area contributed by atoms with Gasteiger partial charge < -0.3 is 10.5 Å². The molecule has 2 fully saturated rings. The first kappa shape index (κ1) is 11.4. The van der Waals surface area contributed by atoms with Crippen molar-refractivity contribution in [1.29, 1.82) is 0 Å². The van der Waals surface area contributed by atoms with E-state index in [-0.39, 0.29) is 0 Å². The summed E-state index contributed by atoms with van der Waals surface area (Å²) in [5, 5.41) is 0. The van der Waals surface area contributed by atoms with Crippen LogP contribution in [0.2, 0.25) is 0 Å². The zero-order valence-electron chi connectivity index (χ0n) is 9.66. The van der Waals surface area contributed by atoms with Gasteiger partial charge in [0.15, 0.2) is 0 Å². The van der Waals surface area contributed by atoms with Gasteiger partial charge in [-0.25, -0.2) is 0 Å². The van der Waals surface area contributed by atoms with Crippen LogP contribution >= 0.6 is 0 Å². The topological polar surface area (TPSA) is 38.5 Å². The summed E-state index contributed by atoms with van der Waals surface area (Å²) in [6, 6.07) is 0.829. The molecule has 0 aromatic rings. The van der Waals surface area contributed by atoms with Crippen molar-refractivity contribution in [2.75, 3.05) is 26.2 Å². The minimum atomic E-state index is 0.533. The zero-order chi connectivity index (χ0) is 10.5. The van der Waals surface area contributed by atoms with Crippen LogP contribution in [-0.4, -0.2) is 43.3 Å². The number of rotatable bonds is 6. The van der Waals surface area contributed by atoms with Gasteiger partial charge in [0.1, 0.15) is 0 Å². The Morgan fingerprint density at radius 2 is 2.00 bits per heavy atom. The van der Waals surface area contributed by atoms with Gasteiger partial charge in [-0.2, -0.15) is 0 Å². The van der Waals surface area contributed by atoms with Crippen molar-refractivity contribution in [3.63, 3.8) is 0 Å². The minimum absolute atomic E-state index is 0.533. The van der Waals surface area contributed by atoms with Crippen LogP contribution in [0.4, 0.5) is 0 Å². The van der Waals surface area contributed by atoms with E-state index >= 15 is 0 Å². The van der Waals surface area contributed by atoms with Gasteiger partial charge >= 0.3 is 0 Å². The Labute approximate surface area is 93.0 Å². The molecule has 2 aliphatic rings. The minimum Gasteiger partial charge on any atom is -0.378 e. The van der Waals surface area contributed by atoms with Gasteiger partial charge in [0.2, 0.25) is 0 Å². The molecule has 1 aliphatic heterocycles. The van der Waals surface area contributed by atoms with Crippen LogP contribution in [0.15, 0.2) is 0 Å². The molecule has 1 saturated heterocycles. The van der Waals surface area contributed by atoms with Crippen molar-refractivity contribution in [1.82, 2.24) is 4.90 Å².